The Hall–Kier alpha value is -2.51. The smallest absolute Gasteiger partial charge is 0.224 e. The molecule has 0 aromatic rings. The van der Waals surface area contributed by atoms with Crippen LogP contribution in [0.3, 0.4) is 0 Å². The summed E-state index contributed by atoms with van der Waals surface area (Å²) in [6, 6.07) is -0.941. The maximum atomic E-state index is 13.2. The molecule has 3 heterocycles. The van der Waals surface area contributed by atoms with Crippen LogP contribution in [0.15, 0.2) is 60.8 Å². The fraction of sp³-hybridized carbons (Fsp3) is 0.784. The zero-order chi connectivity index (χ0) is 51.3. The van der Waals surface area contributed by atoms with Gasteiger partial charge < -0.3 is 89.9 Å². The second-order valence-corrected chi connectivity index (χ2v) is 18.3. The van der Waals surface area contributed by atoms with Gasteiger partial charge in [-0.15, -0.1) is 0 Å². The molecule has 0 saturated carbocycles. The molecule has 1 amide bonds. The fourth-order valence-corrected chi connectivity index (χ4v) is 8.38. The highest BCUT2D eigenvalue weighted by Gasteiger charge is 2.53. The van der Waals surface area contributed by atoms with Crippen molar-refractivity contribution in [2.75, 3.05) is 26.4 Å². The Labute approximate surface area is 414 Å². The van der Waals surface area contributed by atoms with Crippen molar-refractivity contribution in [3.8, 4) is 0 Å². The van der Waals surface area contributed by atoms with Gasteiger partial charge in [0.1, 0.15) is 73.2 Å². The van der Waals surface area contributed by atoms with E-state index < -0.39 is 124 Å². The van der Waals surface area contributed by atoms with Crippen LogP contribution in [0.2, 0.25) is 0 Å². The molecule has 3 aliphatic heterocycles. The Morgan fingerprint density at radius 3 is 1.41 bits per heavy atom. The Morgan fingerprint density at radius 2 is 0.929 bits per heavy atom. The van der Waals surface area contributed by atoms with Crippen LogP contribution in [0, 0.1) is 0 Å². The number of allylic oxidation sites excluding steroid dienone is 9. The quantitative estimate of drug-likeness (QED) is 0.0323. The third kappa shape index (κ3) is 21.1. The Morgan fingerprint density at radius 1 is 0.514 bits per heavy atom. The molecule has 0 radical (unpaired) electrons. The predicted molar refractivity (Wildman–Crippen MR) is 258 cm³/mol. The van der Waals surface area contributed by atoms with E-state index in [-0.39, 0.29) is 18.9 Å². The lowest BCUT2D eigenvalue weighted by atomic mass is 9.96. The topological polar surface area (TPSA) is 307 Å². The molecule has 12 N–H and O–H groups in total. The fourth-order valence-electron chi connectivity index (χ4n) is 8.38. The number of rotatable bonds is 34. The minimum Gasteiger partial charge on any atom is -0.394 e. The molecule has 0 aromatic heterocycles. The number of hydrogen-bond acceptors (Lipinski definition) is 18. The second kappa shape index (κ2) is 35.6. The lowest BCUT2D eigenvalue weighted by Gasteiger charge is -2.48. The summed E-state index contributed by atoms with van der Waals surface area (Å²) in [7, 11) is 0. The number of carbonyl (C=O) groups is 1. The van der Waals surface area contributed by atoms with Gasteiger partial charge in [0.2, 0.25) is 5.91 Å². The van der Waals surface area contributed by atoms with Crippen molar-refractivity contribution in [3.05, 3.63) is 60.8 Å². The van der Waals surface area contributed by atoms with Gasteiger partial charge in [0.25, 0.3) is 0 Å². The molecule has 3 saturated heterocycles. The van der Waals surface area contributed by atoms with Gasteiger partial charge in [0, 0.05) is 6.42 Å². The predicted octanol–water partition coefficient (Wildman–Crippen LogP) is 1.75. The van der Waals surface area contributed by atoms with E-state index in [9.17, 15) is 61.0 Å². The Balaban J connectivity index is 1.58. The summed E-state index contributed by atoms with van der Waals surface area (Å²) < 4.78 is 34.1. The average Bonchev–Trinajstić information content (AvgIpc) is 3.35. The summed E-state index contributed by atoms with van der Waals surface area (Å²) in [5.74, 6) is -0.376. The SMILES string of the molecule is CC/C=C\C/C=C\C/C=C\C/C=C\C/C=C\CC(=O)NC(COC1OC(CO)C(OC2OC(CO)C(OC3OC(CO)C(O)C(O)C3O)C(O)C2O)C(O)C1O)C(O)CCCCCCCCCCCC. The maximum absolute atomic E-state index is 13.2. The van der Waals surface area contributed by atoms with E-state index in [0.29, 0.717) is 19.3 Å². The summed E-state index contributed by atoms with van der Waals surface area (Å²) in [5.41, 5.74) is 0. The lowest BCUT2D eigenvalue weighted by Crippen LogP contribution is -2.66. The highest BCUT2D eigenvalue weighted by molar-refractivity contribution is 5.77. The molecule has 19 nitrogen and oxygen atoms in total. The van der Waals surface area contributed by atoms with Crippen LogP contribution in [0.5, 0.6) is 0 Å². The van der Waals surface area contributed by atoms with Crippen molar-refractivity contribution in [2.45, 2.75) is 227 Å². The Kier molecular flexibility index (Phi) is 31.4. The van der Waals surface area contributed by atoms with Crippen LogP contribution in [-0.2, 0) is 33.2 Å². The minimum absolute atomic E-state index is 0.0312. The summed E-state index contributed by atoms with van der Waals surface area (Å²) in [5, 5.41) is 120. The molecule has 0 bridgehead atoms. The molecule has 0 aliphatic carbocycles. The number of amides is 1. The van der Waals surface area contributed by atoms with Gasteiger partial charge in [-0.3, -0.25) is 4.79 Å². The van der Waals surface area contributed by atoms with Gasteiger partial charge in [-0.05, 0) is 38.5 Å². The molecule has 3 fully saturated rings. The minimum atomic E-state index is -1.98. The van der Waals surface area contributed by atoms with E-state index in [2.05, 4.69) is 55.6 Å². The van der Waals surface area contributed by atoms with Crippen molar-refractivity contribution < 1.29 is 89.4 Å². The van der Waals surface area contributed by atoms with Crippen molar-refractivity contribution in [3.63, 3.8) is 0 Å². The Bertz CT molecular complexity index is 1530. The molecule has 17 unspecified atom stereocenters. The number of aliphatic hydroxyl groups is 11. The number of nitrogens with one attached hydrogen (secondary N) is 1. The molecule has 404 valence electrons. The summed E-state index contributed by atoms with van der Waals surface area (Å²) in [6.07, 6.45) is 9.40. The van der Waals surface area contributed by atoms with Crippen LogP contribution >= 0.6 is 0 Å². The van der Waals surface area contributed by atoms with E-state index in [1.54, 1.807) is 6.08 Å². The van der Waals surface area contributed by atoms with Gasteiger partial charge in [0.05, 0.1) is 38.6 Å². The standard InChI is InChI=1S/C51H87NO18/c1-3-5-7-9-11-13-15-16-17-18-19-21-23-25-27-29-39(57)52-34(35(56)28-26-24-22-20-14-12-10-8-6-4-2)33-65-49-45(63)42(60)47(37(31-54)67-49)70-51-46(64)43(61)48(38(32-55)68-51)69-50-44(62)41(59)40(58)36(30-53)66-50/h5,7,11,13,16-17,19,21,25,27,34-38,40-51,53-56,58-64H,3-4,6,8-10,12,14-15,18,20,22-24,26,28-33H2,1-2H3,(H,52,57)/b7-5-,13-11-,17-16-,21-19-,27-25-. The first-order valence-electron chi connectivity index (χ1n) is 25.5. The van der Waals surface area contributed by atoms with Crippen LogP contribution in [0.4, 0.5) is 0 Å². The van der Waals surface area contributed by atoms with Crippen LogP contribution in [0.1, 0.15) is 123 Å². The highest BCUT2D eigenvalue weighted by atomic mass is 16.8. The van der Waals surface area contributed by atoms with Crippen LogP contribution in [-0.4, -0.2) is 193 Å². The molecular weight excluding hydrogens is 915 g/mol. The second-order valence-electron chi connectivity index (χ2n) is 18.3. The molecule has 19 heteroatoms. The first kappa shape index (κ1) is 61.8. The van der Waals surface area contributed by atoms with E-state index in [0.717, 1.165) is 51.4 Å². The average molecular weight is 1000 g/mol. The van der Waals surface area contributed by atoms with Crippen LogP contribution < -0.4 is 5.32 Å². The number of ether oxygens (including phenoxy) is 6. The molecular formula is C51H87NO18. The summed E-state index contributed by atoms with van der Waals surface area (Å²) >= 11 is 0. The number of aliphatic hydroxyl groups excluding tert-OH is 11. The largest absolute Gasteiger partial charge is 0.394 e. The van der Waals surface area contributed by atoms with Crippen molar-refractivity contribution in [2.24, 2.45) is 0 Å². The van der Waals surface area contributed by atoms with Gasteiger partial charge in [-0.1, -0.05) is 139 Å². The molecule has 70 heavy (non-hydrogen) atoms. The van der Waals surface area contributed by atoms with Gasteiger partial charge in [-0.2, -0.15) is 0 Å². The van der Waals surface area contributed by atoms with Crippen molar-refractivity contribution >= 4 is 5.91 Å². The van der Waals surface area contributed by atoms with Gasteiger partial charge in [-0.25, -0.2) is 0 Å². The monoisotopic (exact) mass is 1000 g/mol. The first-order chi connectivity index (χ1) is 33.8. The van der Waals surface area contributed by atoms with Gasteiger partial charge in [0.15, 0.2) is 18.9 Å². The van der Waals surface area contributed by atoms with Crippen molar-refractivity contribution in [1.29, 1.82) is 0 Å². The number of unbranched alkanes of at least 4 members (excludes halogenated alkanes) is 9. The maximum Gasteiger partial charge on any atom is 0.224 e. The zero-order valence-electron chi connectivity index (χ0n) is 41.2. The number of hydrogen-bond donors (Lipinski definition) is 12. The summed E-state index contributed by atoms with van der Waals surface area (Å²) in [6.45, 7) is 1.53. The van der Waals surface area contributed by atoms with E-state index in [1.165, 1.54) is 32.1 Å². The van der Waals surface area contributed by atoms with E-state index >= 15 is 0 Å². The van der Waals surface area contributed by atoms with E-state index in [1.807, 2.05) is 18.2 Å². The molecule has 3 rings (SSSR count). The third-order valence-corrected chi connectivity index (χ3v) is 12.6. The van der Waals surface area contributed by atoms with Crippen LogP contribution in [0.25, 0.3) is 0 Å². The molecule has 0 aromatic carbocycles. The molecule has 0 spiro atoms. The first-order valence-corrected chi connectivity index (χ1v) is 25.5. The third-order valence-electron chi connectivity index (χ3n) is 12.6. The molecule has 3 aliphatic rings. The van der Waals surface area contributed by atoms with Crippen molar-refractivity contribution in [1.82, 2.24) is 5.32 Å². The van der Waals surface area contributed by atoms with E-state index in [4.69, 9.17) is 28.4 Å². The number of carbonyl (C=O) groups excluding carboxylic acids is 1. The van der Waals surface area contributed by atoms with Gasteiger partial charge >= 0.3 is 0 Å². The highest BCUT2D eigenvalue weighted by Crippen LogP contribution is 2.33. The zero-order valence-corrected chi connectivity index (χ0v) is 41.2. The normalized spacial score (nSPS) is 33.1. The molecule has 17 atom stereocenters. The summed E-state index contributed by atoms with van der Waals surface area (Å²) in [4.78, 5) is 13.2. The lowest BCUT2D eigenvalue weighted by molar-refractivity contribution is -0.379.